The van der Waals surface area contributed by atoms with Crippen LogP contribution in [0, 0.1) is 0 Å². The minimum absolute atomic E-state index is 0.00114. The molecule has 1 aromatic heterocycles. The Labute approximate surface area is 123 Å². The van der Waals surface area contributed by atoms with E-state index >= 15 is 0 Å². The summed E-state index contributed by atoms with van der Waals surface area (Å²) in [6, 6.07) is 0.00114. The van der Waals surface area contributed by atoms with E-state index in [-0.39, 0.29) is 24.8 Å². The summed E-state index contributed by atoms with van der Waals surface area (Å²) in [5.74, 6) is -1.16. The van der Waals surface area contributed by atoms with Crippen LogP contribution in [0.5, 0.6) is 0 Å². The summed E-state index contributed by atoms with van der Waals surface area (Å²) in [5, 5.41) is 15.8. The predicted octanol–water partition coefficient (Wildman–Crippen LogP) is -0.315. The zero-order chi connectivity index (χ0) is 15.5. The van der Waals surface area contributed by atoms with E-state index < -0.39 is 16.2 Å². The highest BCUT2D eigenvalue weighted by molar-refractivity contribution is 7.87. The Morgan fingerprint density at radius 2 is 2.29 bits per heavy atom. The minimum atomic E-state index is -3.51. The molecule has 1 atom stereocenters. The lowest BCUT2D eigenvalue weighted by Crippen LogP contribution is -2.48. The van der Waals surface area contributed by atoms with Gasteiger partial charge in [0, 0.05) is 19.1 Å². The lowest BCUT2D eigenvalue weighted by atomic mass is 10.1. The monoisotopic (exact) mass is 317 g/mol. The second-order valence-electron chi connectivity index (χ2n) is 5.03. The van der Waals surface area contributed by atoms with Crippen molar-refractivity contribution < 1.29 is 18.3 Å². The SMILES string of the molecule is CC1CCCCN1S(=O)(=O)NCCn1cc(C(=O)O)nn1. The number of aromatic carboxylic acids is 1. The second kappa shape index (κ2) is 6.50. The average molecular weight is 317 g/mol. The Morgan fingerprint density at radius 3 is 2.90 bits per heavy atom. The Hall–Kier alpha value is -1.52. The van der Waals surface area contributed by atoms with Gasteiger partial charge in [-0.15, -0.1) is 5.10 Å². The van der Waals surface area contributed by atoms with Gasteiger partial charge in [0.05, 0.1) is 12.7 Å². The molecule has 21 heavy (non-hydrogen) atoms. The number of rotatable bonds is 6. The molecule has 1 aromatic rings. The lowest BCUT2D eigenvalue weighted by Gasteiger charge is -2.32. The standard InChI is InChI=1S/C11H19N5O4S/c1-9-4-2-3-6-16(9)21(19,20)12-5-7-15-8-10(11(17)18)13-14-15/h8-9,12H,2-7H2,1H3,(H,17,18). The fourth-order valence-corrected chi connectivity index (χ4v) is 3.77. The molecule has 0 saturated carbocycles. The maximum absolute atomic E-state index is 12.2. The molecule has 1 aliphatic rings. The number of nitrogens with one attached hydrogen (secondary N) is 1. The van der Waals surface area contributed by atoms with E-state index in [0.29, 0.717) is 6.54 Å². The predicted molar refractivity (Wildman–Crippen MR) is 73.9 cm³/mol. The largest absolute Gasteiger partial charge is 0.476 e. The first-order valence-electron chi connectivity index (χ1n) is 6.80. The van der Waals surface area contributed by atoms with Crippen LogP contribution in [0.25, 0.3) is 0 Å². The van der Waals surface area contributed by atoms with Gasteiger partial charge in [0.15, 0.2) is 5.69 Å². The molecule has 9 nitrogen and oxygen atoms in total. The summed E-state index contributed by atoms with van der Waals surface area (Å²) in [6.45, 7) is 2.79. The number of aromatic nitrogens is 3. The minimum Gasteiger partial charge on any atom is -0.476 e. The van der Waals surface area contributed by atoms with Gasteiger partial charge in [-0.1, -0.05) is 11.6 Å². The van der Waals surface area contributed by atoms with Crippen LogP contribution in [0.2, 0.25) is 0 Å². The van der Waals surface area contributed by atoms with Crippen LogP contribution < -0.4 is 4.72 Å². The van der Waals surface area contributed by atoms with Gasteiger partial charge < -0.3 is 5.11 Å². The molecule has 2 rings (SSSR count). The molecular weight excluding hydrogens is 298 g/mol. The lowest BCUT2D eigenvalue weighted by molar-refractivity contribution is 0.0690. The summed E-state index contributed by atoms with van der Waals surface area (Å²) < 4.78 is 29.6. The van der Waals surface area contributed by atoms with Crippen molar-refractivity contribution in [3.63, 3.8) is 0 Å². The van der Waals surface area contributed by atoms with Gasteiger partial charge in [0.1, 0.15) is 0 Å². The summed E-state index contributed by atoms with van der Waals surface area (Å²) >= 11 is 0. The van der Waals surface area contributed by atoms with Crippen molar-refractivity contribution in [2.24, 2.45) is 0 Å². The van der Waals surface area contributed by atoms with Crippen LogP contribution in [0.15, 0.2) is 6.20 Å². The first-order valence-corrected chi connectivity index (χ1v) is 8.24. The topological polar surface area (TPSA) is 117 Å². The molecule has 1 fully saturated rings. The molecule has 118 valence electrons. The molecule has 0 bridgehead atoms. The number of nitrogens with zero attached hydrogens (tertiary/aromatic N) is 4. The smallest absolute Gasteiger partial charge is 0.358 e. The van der Waals surface area contributed by atoms with Crippen LogP contribution in [0.1, 0.15) is 36.7 Å². The van der Waals surface area contributed by atoms with E-state index in [1.807, 2.05) is 6.92 Å². The zero-order valence-electron chi connectivity index (χ0n) is 11.8. The van der Waals surface area contributed by atoms with E-state index in [0.717, 1.165) is 19.3 Å². The summed E-state index contributed by atoms with van der Waals surface area (Å²) in [4.78, 5) is 10.7. The van der Waals surface area contributed by atoms with Crippen LogP contribution in [0.4, 0.5) is 0 Å². The zero-order valence-corrected chi connectivity index (χ0v) is 12.6. The van der Waals surface area contributed by atoms with Crippen LogP contribution >= 0.6 is 0 Å². The van der Waals surface area contributed by atoms with Crippen molar-refractivity contribution in [2.45, 2.75) is 38.8 Å². The molecule has 0 amide bonds. The highest BCUT2D eigenvalue weighted by atomic mass is 32.2. The van der Waals surface area contributed by atoms with Crippen LogP contribution in [-0.4, -0.2) is 57.9 Å². The van der Waals surface area contributed by atoms with Crippen LogP contribution in [0.3, 0.4) is 0 Å². The Bertz CT molecular complexity index is 600. The van der Waals surface area contributed by atoms with Crippen molar-refractivity contribution >= 4 is 16.2 Å². The molecule has 2 heterocycles. The van der Waals surface area contributed by atoms with Crippen molar-refractivity contribution in [2.75, 3.05) is 13.1 Å². The van der Waals surface area contributed by atoms with Gasteiger partial charge in [-0.2, -0.15) is 12.7 Å². The number of carbonyl (C=O) groups is 1. The third kappa shape index (κ3) is 3.99. The van der Waals surface area contributed by atoms with Gasteiger partial charge in [-0.05, 0) is 19.8 Å². The molecular formula is C11H19N5O4S. The van der Waals surface area contributed by atoms with E-state index in [1.165, 1.54) is 15.2 Å². The molecule has 0 spiro atoms. The summed E-state index contributed by atoms with van der Waals surface area (Å²) in [6.07, 6.45) is 4.05. The number of hydrogen-bond donors (Lipinski definition) is 2. The number of hydrogen-bond acceptors (Lipinski definition) is 5. The normalized spacial score (nSPS) is 20.5. The summed E-state index contributed by atoms with van der Waals surface area (Å²) in [5.41, 5.74) is -0.164. The number of piperidine rings is 1. The maximum atomic E-state index is 12.2. The fourth-order valence-electron chi connectivity index (χ4n) is 2.31. The van der Waals surface area contributed by atoms with E-state index in [1.54, 1.807) is 0 Å². The van der Waals surface area contributed by atoms with E-state index in [2.05, 4.69) is 15.0 Å². The Balaban J connectivity index is 1.87. The quantitative estimate of drug-likeness (QED) is 0.743. The second-order valence-corrected chi connectivity index (χ2v) is 6.73. The number of carboxylic acid groups (broad SMARTS) is 1. The van der Waals surface area contributed by atoms with E-state index in [9.17, 15) is 13.2 Å². The van der Waals surface area contributed by atoms with Gasteiger partial charge in [0.25, 0.3) is 10.2 Å². The third-order valence-corrected chi connectivity index (χ3v) is 5.16. The molecule has 1 saturated heterocycles. The van der Waals surface area contributed by atoms with Gasteiger partial charge in [-0.25, -0.2) is 9.52 Å². The van der Waals surface area contributed by atoms with Crippen molar-refractivity contribution in [1.82, 2.24) is 24.0 Å². The maximum Gasteiger partial charge on any atom is 0.358 e. The molecule has 1 aliphatic heterocycles. The Kier molecular flexibility index (Phi) is 4.91. The van der Waals surface area contributed by atoms with Gasteiger partial charge in [0.2, 0.25) is 0 Å². The highest BCUT2D eigenvalue weighted by Crippen LogP contribution is 2.18. The van der Waals surface area contributed by atoms with Crippen molar-refractivity contribution in [1.29, 1.82) is 0 Å². The van der Waals surface area contributed by atoms with E-state index in [4.69, 9.17) is 5.11 Å². The molecule has 1 unspecified atom stereocenters. The van der Waals surface area contributed by atoms with Crippen LogP contribution in [-0.2, 0) is 16.8 Å². The molecule has 0 aromatic carbocycles. The Morgan fingerprint density at radius 1 is 1.52 bits per heavy atom. The summed E-state index contributed by atoms with van der Waals surface area (Å²) in [7, 11) is -3.51. The molecule has 0 radical (unpaired) electrons. The molecule has 2 N–H and O–H groups in total. The van der Waals surface area contributed by atoms with Crippen molar-refractivity contribution in [3.05, 3.63) is 11.9 Å². The van der Waals surface area contributed by atoms with Gasteiger partial charge >= 0.3 is 5.97 Å². The highest BCUT2D eigenvalue weighted by Gasteiger charge is 2.28. The first-order chi connectivity index (χ1) is 9.90. The fraction of sp³-hybridized carbons (Fsp3) is 0.727. The number of carboxylic acids is 1. The van der Waals surface area contributed by atoms with Crippen molar-refractivity contribution in [3.8, 4) is 0 Å². The average Bonchev–Trinajstić information content (AvgIpc) is 2.88. The molecule has 10 heteroatoms. The molecule has 0 aliphatic carbocycles. The van der Waals surface area contributed by atoms with Gasteiger partial charge in [-0.3, -0.25) is 4.68 Å². The third-order valence-electron chi connectivity index (χ3n) is 3.43. The first kappa shape index (κ1) is 15.9.